The van der Waals surface area contributed by atoms with Crippen LogP contribution in [0, 0.1) is 0 Å². The van der Waals surface area contributed by atoms with Crippen LogP contribution in [0.1, 0.15) is 24.8 Å². The molecular weight excluding hydrogens is 480 g/mol. The Morgan fingerprint density at radius 2 is 2.19 bits per heavy atom. The Hall–Kier alpha value is -0.910. The van der Waals surface area contributed by atoms with Crippen LogP contribution in [0.25, 0.3) is 0 Å². The maximum absolute atomic E-state index is 12.3. The minimum atomic E-state index is -4.39. The van der Waals surface area contributed by atoms with Crippen molar-refractivity contribution in [3.8, 4) is 5.88 Å². The number of hydrogen-bond donors (Lipinski definition) is 2. The molecule has 26 heavy (non-hydrogen) atoms. The molecule has 1 aliphatic carbocycles. The molecule has 2 N–H and O–H groups in total. The van der Waals surface area contributed by atoms with Crippen molar-refractivity contribution in [2.24, 2.45) is 4.99 Å². The summed E-state index contributed by atoms with van der Waals surface area (Å²) in [6, 6.07) is 3.70. The number of nitrogens with zero attached hydrogens (tertiary/aromatic N) is 2. The SMILES string of the molecule is CN=C(NCc1cccnc1OCC(F)(F)F)NC1CCC(SC)C1.I. The summed E-state index contributed by atoms with van der Waals surface area (Å²) in [5.74, 6) is 0.600. The molecule has 0 radical (unpaired) electrons. The number of aliphatic imine (C=N–C) groups is 1. The molecule has 2 rings (SSSR count). The minimum absolute atomic E-state index is 0. The molecule has 1 heterocycles. The fraction of sp³-hybridized carbons (Fsp3) is 0.625. The number of hydrogen-bond acceptors (Lipinski definition) is 4. The summed E-state index contributed by atoms with van der Waals surface area (Å²) < 4.78 is 41.8. The molecule has 0 spiro atoms. The predicted molar refractivity (Wildman–Crippen MR) is 109 cm³/mol. The second-order valence-corrected chi connectivity index (χ2v) is 6.95. The van der Waals surface area contributed by atoms with Crippen LogP contribution in [0.15, 0.2) is 23.3 Å². The van der Waals surface area contributed by atoms with E-state index in [0.29, 0.717) is 22.8 Å². The van der Waals surface area contributed by atoms with Gasteiger partial charge in [0.05, 0.1) is 0 Å². The standard InChI is InChI=1S/C16H23F3N4OS.HI/c1-20-15(23-12-5-6-13(8-12)25-2)22-9-11-4-3-7-21-14(11)24-10-16(17,18)19;/h3-4,7,12-13H,5-6,8-10H2,1-2H3,(H2,20,22,23);1H. The molecule has 1 fully saturated rings. The molecule has 5 nitrogen and oxygen atoms in total. The Balaban J connectivity index is 0.00000338. The highest BCUT2D eigenvalue weighted by molar-refractivity contribution is 14.0. The highest BCUT2D eigenvalue weighted by Gasteiger charge is 2.29. The first-order valence-corrected chi connectivity index (χ1v) is 9.33. The van der Waals surface area contributed by atoms with Crippen molar-refractivity contribution < 1.29 is 17.9 Å². The molecule has 0 aliphatic heterocycles. The van der Waals surface area contributed by atoms with Gasteiger partial charge in [-0.3, -0.25) is 4.99 Å². The quantitative estimate of drug-likeness (QED) is 0.353. The van der Waals surface area contributed by atoms with Gasteiger partial charge in [0.25, 0.3) is 0 Å². The van der Waals surface area contributed by atoms with E-state index >= 15 is 0 Å². The summed E-state index contributed by atoms with van der Waals surface area (Å²) in [7, 11) is 1.67. The molecule has 0 bridgehead atoms. The zero-order chi connectivity index (χ0) is 18.3. The highest BCUT2D eigenvalue weighted by Crippen LogP contribution is 2.28. The average molecular weight is 504 g/mol. The summed E-state index contributed by atoms with van der Waals surface area (Å²) in [6.07, 6.45) is 2.46. The molecule has 0 aromatic carbocycles. The van der Waals surface area contributed by atoms with Crippen molar-refractivity contribution in [3.63, 3.8) is 0 Å². The van der Waals surface area contributed by atoms with Crippen molar-refractivity contribution in [2.75, 3.05) is 19.9 Å². The maximum atomic E-state index is 12.3. The molecule has 148 valence electrons. The number of aromatic nitrogens is 1. The first-order valence-electron chi connectivity index (χ1n) is 8.04. The van der Waals surface area contributed by atoms with Crippen LogP contribution in [0.5, 0.6) is 5.88 Å². The third-order valence-electron chi connectivity index (χ3n) is 3.95. The van der Waals surface area contributed by atoms with Gasteiger partial charge in [-0.1, -0.05) is 6.07 Å². The van der Waals surface area contributed by atoms with Gasteiger partial charge in [-0.05, 0) is 31.6 Å². The topological polar surface area (TPSA) is 58.5 Å². The number of rotatable bonds is 6. The van der Waals surface area contributed by atoms with Crippen molar-refractivity contribution in [1.29, 1.82) is 0 Å². The largest absolute Gasteiger partial charge is 0.468 e. The lowest BCUT2D eigenvalue weighted by Gasteiger charge is -2.18. The molecule has 2 unspecified atom stereocenters. The third kappa shape index (κ3) is 7.77. The Labute approximate surface area is 173 Å². The van der Waals surface area contributed by atoms with E-state index < -0.39 is 12.8 Å². The molecule has 1 aromatic rings. The van der Waals surface area contributed by atoms with E-state index in [-0.39, 0.29) is 36.4 Å². The highest BCUT2D eigenvalue weighted by atomic mass is 127. The van der Waals surface area contributed by atoms with Gasteiger partial charge in [0.15, 0.2) is 12.6 Å². The van der Waals surface area contributed by atoms with E-state index in [1.807, 2.05) is 11.8 Å². The first kappa shape index (κ1) is 23.1. The van der Waals surface area contributed by atoms with Crippen LogP contribution in [0.3, 0.4) is 0 Å². The number of nitrogens with one attached hydrogen (secondary N) is 2. The molecule has 10 heteroatoms. The number of guanidine groups is 1. The Kier molecular flexibility index (Phi) is 9.83. The average Bonchev–Trinajstić information content (AvgIpc) is 3.04. The van der Waals surface area contributed by atoms with E-state index in [1.165, 1.54) is 12.6 Å². The van der Waals surface area contributed by atoms with E-state index in [0.717, 1.165) is 12.8 Å². The third-order valence-corrected chi connectivity index (χ3v) is 5.05. The Morgan fingerprint density at radius 1 is 1.42 bits per heavy atom. The molecule has 1 aromatic heterocycles. The summed E-state index contributed by atoms with van der Waals surface area (Å²) in [5, 5.41) is 7.14. The Bertz CT molecular complexity index is 589. The molecule has 1 aliphatic rings. The second-order valence-electron chi connectivity index (χ2n) is 5.81. The first-order chi connectivity index (χ1) is 11.9. The van der Waals surface area contributed by atoms with Gasteiger partial charge >= 0.3 is 6.18 Å². The number of ether oxygens (including phenoxy) is 1. The number of thioether (sulfide) groups is 1. The molecule has 1 saturated carbocycles. The van der Waals surface area contributed by atoms with Gasteiger partial charge in [0.2, 0.25) is 5.88 Å². The maximum Gasteiger partial charge on any atom is 0.422 e. The number of alkyl halides is 3. The number of halogens is 4. The Morgan fingerprint density at radius 3 is 2.81 bits per heavy atom. The fourth-order valence-corrected chi connectivity index (χ4v) is 3.49. The van der Waals surface area contributed by atoms with Crippen LogP contribution in [-0.4, -0.2) is 48.3 Å². The van der Waals surface area contributed by atoms with Gasteiger partial charge in [-0.15, -0.1) is 24.0 Å². The summed E-state index contributed by atoms with van der Waals surface area (Å²) >= 11 is 1.87. The molecule has 2 atom stereocenters. The molecule has 0 amide bonds. The van der Waals surface area contributed by atoms with Crippen molar-refractivity contribution >= 4 is 41.7 Å². The van der Waals surface area contributed by atoms with E-state index in [9.17, 15) is 13.2 Å². The molecule has 0 saturated heterocycles. The van der Waals surface area contributed by atoms with Gasteiger partial charge in [-0.2, -0.15) is 24.9 Å². The smallest absolute Gasteiger partial charge is 0.422 e. The van der Waals surface area contributed by atoms with Gasteiger partial charge < -0.3 is 15.4 Å². The summed E-state index contributed by atoms with van der Waals surface area (Å²) in [6.45, 7) is -1.08. The minimum Gasteiger partial charge on any atom is -0.468 e. The van der Waals surface area contributed by atoms with Gasteiger partial charge in [0.1, 0.15) is 0 Å². The molecular formula is C16H24F3IN4OS. The van der Waals surface area contributed by atoms with Crippen LogP contribution in [0.2, 0.25) is 0 Å². The zero-order valence-electron chi connectivity index (χ0n) is 14.7. The fourth-order valence-electron chi connectivity index (χ4n) is 2.69. The number of pyridine rings is 1. The van der Waals surface area contributed by atoms with Gasteiger partial charge in [0, 0.05) is 36.6 Å². The van der Waals surface area contributed by atoms with E-state index in [1.54, 1.807) is 19.2 Å². The van der Waals surface area contributed by atoms with Crippen molar-refractivity contribution in [3.05, 3.63) is 23.9 Å². The lowest BCUT2D eigenvalue weighted by molar-refractivity contribution is -0.154. The zero-order valence-corrected chi connectivity index (χ0v) is 17.8. The van der Waals surface area contributed by atoms with Crippen molar-refractivity contribution in [2.45, 2.75) is 43.3 Å². The predicted octanol–water partition coefficient (Wildman–Crippen LogP) is 3.59. The van der Waals surface area contributed by atoms with Crippen LogP contribution in [0.4, 0.5) is 13.2 Å². The van der Waals surface area contributed by atoms with Crippen molar-refractivity contribution in [1.82, 2.24) is 15.6 Å². The summed E-state index contributed by atoms with van der Waals surface area (Å²) in [5.41, 5.74) is 0.545. The van der Waals surface area contributed by atoms with Crippen LogP contribution in [-0.2, 0) is 6.54 Å². The van der Waals surface area contributed by atoms with Crippen LogP contribution < -0.4 is 15.4 Å². The van der Waals surface area contributed by atoms with Gasteiger partial charge in [-0.25, -0.2) is 4.98 Å². The van der Waals surface area contributed by atoms with E-state index in [2.05, 4.69) is 26.9 Å². The lowest BCUT2D eigenvalue weighted by Crippen LogP contribution is -2.42. The monoisotopic (exact) mass is 504 g/mol. The van der Waals surface area contributed by atoms with Crippen LogP contribution >= 0.6 is 35.7 Å². The summed E-state index contributed by atoms with van der Waals surface area (Å²) in [4.78, 5) is 8.06. The lowest BCUT2D eigenvalue weighted by atomic mass is 10.2. The normalized spacial score (nSPS) is 20.4. The second kappa shape index (κ2) is 11.1. The van der Waals surface area contributed by atoms with E-state index in [4.69, 9.17) is 4.74 Å².